The Bertz CT molecular complexity index is 456. The lowest BCUT2D eigenvalue weighted by Crippen LogP contribution is -2.16. The second kappa shape index (κ2) is 4.81. The van der Waals surface area contributed by atoms with Crippen molar-refractivity contribution in [3.8, 4) is 0 Å². The molecule has 1 aromatic carbocycles. The fourth-order valence-electron chi connectivity index (χ4n) is 1.25. The maximum Gasteiger partial charge on any atom is 0.247 e. The molecule has 0 saturated heterocycles. The Kier molecular flexibility index (Phi) is 3.22. The molecule has 5 heteroatoms. The Morgan fingerprint density at radius 3 is 2.75 bits per heavy atom. The first-order valence-corrected chi connectivity index (χ1v) is 5.10. The number of carbonyl (C=O) groups excluding carboxylic acids is 1. The van der Waals surface area contributed by atoms with Crippen LogP contribution in [0, 0.1) is 0 Å². The summed E-state index contributed by atoms with van der Waals surface area (Å²) in [5.74, 6) is -0.309. The number of benzene rings is 1. The van der Waals surface area contributed by atoms with E-state index in [2.05, 4.69) is 15.0 Å². The van der Waals surface area contributed by atoms with Crippen LogP contribution in [0.2, 0.25) is 0 Å². The van der Waals surface area contributed by atoms with Gasteiger partial charge in [0.1, 0.15) is 17.3 Å². The van der Waals surface area contributed by atoms with Crippen LogP contribution < -0.4 is 5.32 Å². The van der Waals surface area contributed by atoms with Crippen LogP contribution in [-0.2, 0) is 4.79 Å². The molecule has 1 amide bonds. The molecule has 1 aromatic heterocycles. The van der Waals surface area contributed by atoms with Crippen molar-refractivity contribution < 1.29 is 9.32 Å². The maximum atomic E-state index is 11.7. The largest absolute Gasteiger partial charge is 0.363 e. The molecule has 4 nitrogen and oxygen atoms in total. The van der Waals surface area contributed by atoms with Crippen molar-refractivity contribution in [1.29, 1.82) is 0 Å². The molecule has 0 aliphatic carbocycles. The zero-order valence-electron chi connectivity index (χ0n) is 8.26. The first-order valence-electron chi connectivity index (χ1n) is 4.66. The van der Waals surface area contributed by atoms with Gasteiger partial charge < -0.3 is 9.84 Å². The van der Waals surface area contributed by atoms with Gasteiger partial charge in [0, 0.05) is 0 Å². The van der Waals surface area contributed by atoms with Gasteiger partial charge in [0.2, 0.25) is 5.91 Å². The van der Waals surface area contributed by atoms with E-state index >= 15 is 0 Å². The Hall–Kier alpha value is -1.81. The number of halogens is 1. The first-order chi connectivity index (χ1) is 7.77. The van der Waals surface area contributed by atoms with E-state index in [1.165, 1.54) is 12.5 Å². The summed E-state index contributed by atoms with van der Waals surface area (Å²) < 4.78 is 4.59. The highest BCUT2D eigenvalue weighted by Crippen LogP contribution is 2.21. The first kappa shape index (κ1) is 10.7. The third-order valence-corrected chi connectivity index (χ3v) is 2.47. The molecule has 1 heterocycles. The summed E-state index contributed by atoms with van der Waals surface area (Å²) in [6.45, 7) is 0. The van der Waals surface area contributed by atoms with Crippen molar-refractivity contribution in [2.75, 3.05) is 5.32 Å². The third kappa shape index (κ3) is 2.41. The van der Waals surface area contributed by atoms with Crippen molar-refractivity contribution >= 4 is 23.2 Å². The summed E-state index contributed by atoms with van der Waals surface area (Å²) >= 11 is 6.01. The van der Waals surface area contributed by atoms with Gasteiger partial charge in [-0.15, -0.1) is 11.6 Å². The SMILES string of the molecule is O=C(Nc1cnoc1)C(Cl)c1ccccc1. The number of aromatic nitrogens is 1. The second-order valence-corrected chi connectivity index (χ2v) is 3.61. The van der Waals surface area contributed by atoms with Gasteiger partial charge in [-0.25, -0.2) is 0 Å². The van der Waals surface area contributed by atoms with E-state index in [1.54, 1.807) is 12.1 Å². The smallest absolute Gasteiger partial charge is 0.247 e. The maximum absolute atomic E-state index is 11.7. The number of alkyl halides is 1. The van der Waals surface area contributed by atoms with Gasteiger partial charge in [-0.2, -0.15) is 0 Å². The molecule has 2 rings (SSSR count). The van der Waals surface area contributed by atoms with E-state index in [0.29, 0.717) is 5.69 Å². The highest BCUT2D eigenvalue weighted by atomic mass is 35.5. The number of amides is 1. The van der Waals surface area contributed by atoms with Crippen LogP contribution in [-0.4, -0.2) is 11.1 Å². The van der Waals surface area contributed by atoms with Crippen molar-refractivity contribution in [1.82, 2.24) is 5.16 Å². The van der Waals surface area contributed by atoms with Crippen LogP contribution in [0.3, 0.4) is 0 Å². The number of nitrogens with zero attached hydrogens (tertiary/aromatic N) is 1. The van der Waals surface area contributed by atoms with E-state index in [1.807, 2.05) is 18.2 Å². The van der Waals surface area contributed by atoms with Gasteiger partial charge in [0.05, 0.1) is 6.20 Å². The van der Waals surface area contributed by atoms with Gasteiger partial charge in [-0.3, -0.25) is 4.79 Å². The number of hydrogen-bond donors (Lipinski definition) is 1. The summed E-state index contributed by atoms with van der Waals surface area (Å²) in [6.07, 6.45) is 2.75. The normalized spacial score (nSPS) is 12.1. The third-order valence-electron chi connectivity index (χ3n) is 2.02. The van der Waals surface area contributed by atoms with Crippen LogP contribution in [0.1, 0.15) is 10.9 Å². The molecule has 16 heavy (non-hydrogen) atoms. The predicted molar refractivity (Wildman–Crippen MR) is 60.2 cm³/mol. The van der Waals surface area contributed by atoms with Crippen LogP contribution in [0.5, 0.6) is 0 Å². The lowest BCUT2D eigenvalue weighted by molar-refractivity contribution is -0.116. The molecule has 0 fully saturated rings. The number of anilines is 1. The van der Waals surface area contributed by atoms with E-state index in [4.69, 9.17) is 11.6 Å². The van der Waals surface area contributed by atoms with Crippen LogP contribution in [0.4, 0.5) is 5.69 Å². The minimum Gasteiger partial charge on any atom is -0.363 e. The van der Waals surface area contributed by atoms with Crippen LogP contribution in [0.15, 0.2) is 47.3 Å². The average molecular weight is 237 g/mol. The lowest BCUT2D eigenvalue weighted by Gasteiger charge is -2.08. The predicted octanol–water partition coefficient (Wildman–Crippen LogP) is 2.59. The number of hydrogen-bond acceptors (Lipinski definition) is 3. The van der Waals surface area contributed by atoms with E-state index < -0.39 is 5.38 Å². The molecule has 82 valence electrons. The summed E-state index contributed by atoms with van der Waals surface area (Å²) in [5.41, 5.74) is 1.24. The molecular weight excluding hydrogens is 228 g/mol. The Morgan fingerprint density at radius 2 is 2.12 bits per heavy atom. The zero-order valence-corrected chi connectivity index (χ0v) is 9.02. The van der Waals surface area contributed by atoms with E-state index in [-0.39, 0.29) is 5.91 Å². The molecule has 0 spiro atoms. The van der Waals surface area contributed by atoms with Crippen LogP contribution in [0.25, 0.3) is 0 Å². The van der Waals surface area contributed by atoms with Gasteiger partial charge in [-0.1, -0.05) is 35.5 Å². The average Bonchev–Trinajstić information content (AvgIpc) is 2.82. The van der Waals surface area contributed by atoms with Crippen molar-refractivity contribution in [3.63, 3.8) is 0 Å². The van der Waals surface area contributed by atoms with Gasteiger partial charge in [0.15, 0.2) is 0 Å². The number of carbonyl (C=O) groups is 1. The second-order valence-electron chi connectivity index (χ2n) is 3.18. The molecule has 0 aliphatic rings. The highest BCUT2D eigenvalue weighted by molar-refractivity contribution is 6.32. The summed E-state index contributed by atoms with van der Waals surface area (Å²) in [6, 6.07) is 9.12. The van der Waals surface area contributed by atoms with Crippen LogP contribution >= 0.6 is 11.6 Å². The Balaban J connectivity index is 2.05. The minimum atomic E-state index is -0.726. The monoisotopic (exact) mass is 236 g/mol. The molecule has 0 radical (unpaired) electrons. The standard InChI is InChI=1S/C11H9ClN2O2/c12-10(8-4-2-1-3-5-8)11(15)14-9-6-13-16-7-9/h1-7,10H,(H,14,15). The van der Waals surface area contributed by atoms with Gasteiger partial charge in [-0.05, 0) is 5.56 Å². The Morgan fingerprint density at radius 1 is 1.38 bits per heavy atom. The fourth-order valence-corrected chi connectivity index (χ4v) is 1.45. The van der Waals surface area contributed by atoms with Gasteiger partial charge >= 0.3 is 0 Å². The lowest BCUT2D eigenvalue weighted by atomic mass is 10.1. The number of rotatable bonds is 3. The number of nitrogens with one attached hydrogen (secondary N) is 1. The molecule has 1 atom stereocenters. The summed E-state index contributed by atoms with van der Waals surface area (Å²) in [4.78, 5) is 11.7. The fraction of sp³-hybridized carbons (Fsp3) is 0.0909. The van der Waals surface area contributed by atoms with Crippen molar-refractivity contribution in [3.05, 3.63) is 48.4 Å². The van der Waals surface area contributed by atoms with E-state index in [9.17, 15) is 4.79 Å². The zero-order chi connectivity index (χ0) is 11.4. The van der Waals surface area contributed by atoms with E-state index in [0.717, 1.165) is 5.56 Å². The quantitative estimate of drug-likeness (QED) is 0.834. The molecule has 0 bridgehead atoms. The molecule has 0 saturated carbocycles. The summed E-state index contributed by atoms with van der Waals surface area (Å²) in [7, 11) is 0. The highest BCUT2D eigenvalue weighted by Gasteiger charge is 2.17. The molecule has 1 N–H and O–H groups in total. The molecule has 2 aromatic rings. The Labute approximate surface area is 97.2 Å². The topological polar surface area (TPSA) is 55.1 Å². The molecular formula is C11H9ClN2O2. The van der Waals surface area contributed by atoms with Crippen molar-refractivity contribution in [2.24, 2.45) is 0 Å². The van der Waals surface area contributed by atoms with Crippen molar-refractivity contribution in [2.45, 2.75) is 5.38 Å². The minimum absolute atomic E-state index is 0.309. The summed E-state index contributed by atoms with van der Waals surface area (Å²) in [5, 5.41) is 5.34. The molecule has 0 aliphatic heterocycles. The van der Waals surface area contributed by atoms with Gasteiger partial charge in [0.25, 0.3) is 0 Å². The molecule has 1 unspecified atom stereocenters.